The molecule has 2 N–H and O–H groups in total. The van der Waals surface area contributed by atoms with Crippen molar-refractivity contribution in [2.24, 2.45) is 0 Å². The number of nitrogens with one attached hydrogen (secondary N) is 2. The van der Waals surface area contributed by atoms with E-state index < -0.39 is 0 Å². The largest absolute Gasteiger partial charge is 0.353 e. The molecule has 1 fully saturated rings. The van der Waals surface area contributed by atoms with Gasteiger partial charge in [0.25, 0.3) is 0 Å². The Morgan fingerprint density at radius 3 is 2.95 bits per heavy atom. The highest BCUT2D eigenvalue weighted by Crippen LogP contribution is 2.11. The third-order valence-electron chi connectivity index (χ3n) is 3.56. The summed E-state index contributed by atoms with van der Waals surface area (Å²) >= 11 is 0. The molecule has 5 nitrogen and oxygen atoms in total. The van der Waals surface area contributed by atoms with Gasteiger partial charge in [-0.15, -0.1) is 24.8 Å². The van der Waals surface area contributed by atoms with Crippen molar-refractivity contribution in [3.8, 4) is 0 Å². The molecular weight excluding hydrogens is 311 g/mol. The Morgan fingerprint density at radius 1 is 1.38 bits per heavy atom. The van der Waals surface area contributed by atoms with Gasteiger partial charge in [-0.05, 0) is 31.5 Å². The van der Waals surface area contributed by atoms with Crippen LogP contribution in [0.15, 0.2) is 30.6 Å². The number of carbonyl (C=O) groups excluding carboxylic acids is 1. The van der Waals surface area contributed by atoms with Crippen LogP contribution in [0, 0.1) is 0 Å². The summed E-state index contributed by atoms with van der Waals surface area (Å²) < 4.78 is 2.07. The summed E-state index contributed by atoms with van der Waals surface area (Å²) in [6.45, 7) is 2.33. The van der Waals surface area contributed by atoms with E-state index in [2.05, 4.69) is 20.2 Å². The lowest BCUT2D eigenvalue weighted by atomic mass is 10.2. The molecule has 21 heavy (non-hydrogen) atoms. The summed E-state index contributed by atoms with van der Waals surface area (Å²) in [6, 6.07) is 8.02. The third-order valence-corrected chi connectivity index (χ3v) is 3.56. The van der Waals surface area contributed by atoms with Gasteiger partial charge in [-0.3, -0.25) is 4.79 Å². The maximum absolute atomic E-state index is 11.8. The SMILES string of the molecule is Cl.Cl.O=C(NCCn1cnc2ccccc21)C1CCCN1. The maximum atomic E-state index is 11.8. The second-order valence-corrected chi connectivity index (χ2v) is 4.87. The number of aromatic nitrogens is 2. The van der Waals surface area contributed by atoms with E-state index in [9.17, 15) is 4.79 Å². The van der Waals surface area contributed by atoms with Crippen molar-refractivity contribution in [2.75, 3.05) is 13.1 Å². The number of imidazole rings is 1. The van der Waals surface area contributed by atoms with Gasteiger partial charge in [0.1, 0.15) is 0 Å². The first-order valence-electron chi connectivity index (χ1n) is 6.75. The van der Waals surface area contributed by atoms with Gasteiger partial charge in [-0.1, -0.05) is 12.1 Å². The molecule has 2 aromatic rings. The van der Waals surface area contributed by atoms with Gasteiger partial charge in [0.05, 0.1) is 23.4 Å². The normalized spacial score (nSPS) is 17.0. The summed E-state index contributed by atoms with van der Waals surface area (Å²) in [4.78, 5) is 16.2. The molecule has 0 spiro atoms. The molecule has 1 unspecified atom stereocenters. The lowest BCUT2D eigenvalue weighted by Gasteiger charge is -2.11. The zero-order valence-corrected chi connectivity index (χ0v) is 13.3. The molecule has 116 valence electrons. The van der Waals surface area contributed by atoms with E-state index in [0.29, 0.717) is 6.54 Å². The number of rotatable bonds is 4. The quantitative estimate of drug-likeness (QED) is 0.897. The summed E-state index contributed by atoms with van der Waals surface area (Å²) in [5.41, 5.74) is 2.10. The maximum Gasteiger partial charge on any atom is 0.237 e. The Morgan fingerprint density at radius 2 is 2.19 bits per heavy atom. The Kier molecular flexibility index (Phi) is 6.95. The molecule has 2 heterocycles. The Labute approximate surface area is 136 Å². The van der Waals surface area contributed by atoms with Crippen molar-refractivity contribution in [3.63, 3.8) is 0 Å². The van der Waals surface area contributed by atoms with E-state index in [4.69, 9.17) is 0 Å². The first-order chi connectivity index (χ1) is 9.34. The minimum atomic E-state index is -0.000434. The van der Waals surface area contributed by atoms with Crippen molar-refractivity contribution in [2.45, 2.75) is 25.4 Å². The molecular formula is C14H20Cl2N4O. The second-order valence-electron chi connectivity index (χ2n) is 4.87. The molecule has 1 saturated heterocycles. The molecule has 0 radical (unpaired) electrons. The number of fused-ring (bicyclic) bond motifs is 1. The van der Waals surface area contributed by atoms with Gasteiger partial charge in [-0.25, -0.2) is 4.98 Å². The molecule has 7 heteroatoms. The van der Waals surface area contributed by atoms with Crippen LogP contribution in [-0.4, -0.2) is 34.6 Å². The first-order valence-corrected chi connectivity index (χ1v) is 6.75. The van der Waals surface area contributed by atoms with Crippen LogP contribution >= 0.6 is 24.8 Å². The molecule has 1 atom stereocenters. The van der Waals surface area contributed by atoms with Crippen LogP contribution < -0.4 is 10.6 Å². The molecule has 0 bridgehead atoms. The number of benzene rings is 1. The Hall–Kier alpha value is -1.30. The van der Waals surface area contributed by atoms with Gasteiger partial charge in [0.15, 0.2) is 0 Å². The molecule has 3 rings (SSSR count). The van der Waals surface area contributed by atoms with Crippen molar-refractivity contribution < 1.29 is 4.79 Å². The highest BCUT2D eigenvalue weighted by molar-refractivity contribution is 5.85. The van der Waals surface area contributed by atoms with E-state index in [1.807, 2.05) is 30.6 Å². The highest BCUT2D eigenvalue weighted by Gasteiger charge is 2.21. The van der Waals surface area contributed by atoms with E-state index in [1.54, 1.807) is 0 Å². The molecule has 1 aliphatic rings. The lowest BCUT2D eigenvalue weighted by Crippen LogP contribution is -2.41. The van der Waals surface area contributed by atoms with Crippen molar-refractivity contribution in [1.82, 2.24) is 20.2 Å². The Bertz CT molecular complexity index is 581. The summed E-state index contributed by atoms with van der Waals surface area (Å²) in [7, 11) is 0. The monoisotopic (exact) mass is 330 g/mol. The lowest BCUT2D eigenvalue weighted by molar-refractivity contribution is -0.122. The highest BCUT2D eigenvalue weighted by atomic mass is 35.5. The fourth-order valence-electron chi connectivity index (χ4n) is 2.52. The van der Waals surface area contributed by atoms with Crippen LogP contribution in [0.2, 0.25) is 0 Å². The van der Waals surface area contributed by atoms with Crippen LogP contribution in [0.1, 0.15) is 12.8 Å². The fourth-order valence-corrected chi connectivity index (χ4v) is 2.52. The molecule has 0 saturated carbocycles. The zero-order chi connectivity index (χ0) is 13.1. The molecule has 1 aromatic heterocycles. The minimum absolute atomic E-state index is 0. The molecule has 1 aliphatic heterocycles. The van der Waals surface area contributed by atoms with Crippen LogP contribution in [-0.2, 0) is 11.3 Å². The van der Waals surface area contributed by atoms with Gasteiger partial charge < -0.3 is 15.2 Å². The predicted molar refractivity (Wildman–Crippen MR) is 88.3 cm³/mol. The van der Waals surface area contributed by atoms with Crippen LogP contribution in [0.25, 0.3) is 11.0 Å². The van der Waals surface area contributed by atoms with Crippen molar-refractivity contribution in [1.29, 1.82) is 0 Å². The van der Waals surface area contributed by atoms with Gasteiger partial charge in [0.2, 0.25) is 5.91 Å². The van der Waals surface area contributed by atoms with Gasteiger partial charge in [-0.2, -0.15) is 0 Å². The van der Waals surface area contributed by atoms with E-state index in [0.717, 1.165) is 37.0 Å². The average Bonchev–Trinajstić information content (AvgIpc) is 3.08. The van der Waals surface area contributed by atoms with Gasteiger partial charge >= 0.3 is 0 Å². The second kappa shape index (κ2) is 8.22. The standard InChI is InChI=1S/C14H18N4O.2ClH/c19-14(12-5-3-7-15-12)16-8-9-18-10-17-11-4-1-2-6-13(11)18;;/h1-2,4,6,10,12,15H,3,5,7-9H2,(H,16,19);2*1H. The minimum Gasteiger partial charge on any atom is -0.353 e. The topological polar surface area (TPSA) is 59.0 Å². The summed E-state index contributed by atoms with van der Waals surface area (Å²) in [5.74, 6) is 0.113. The first kappa shape index (κ1) is 17.8. The van der Waals surface area contributed by atoms with Crippen molar-refractivity contribution in [3.05, 3.63) is 30.6 Å². The van der Waals surface area contributed by atoms with Crippen molar-refractivity contribution >= 4 is 41.8 Å². The summed E-state index contributed by atoms with van der Waals surface area (Å²) in [5, 5.41) is 6.18. The van der Waals surface area contributed by atoms with E-state index in [1.165, 1.54) is 0 Å². The van der Waals surface area contributed by atoms with E-state index >= 15 is 0 Å². The predicted octanol–water partition coefficient (Wildman–Crippen LogP) is 1.75. The number of carbonyl (C=O) groups is 1. The average molecular weight is 331 g/mol. The van der Waals surface area contributed by atoms with Crippen LogP contribution in [0.3, 0.4) is 0 Å². The number of nitrogens with zero attached hydrogens (tertiary/aromatic N) is 2. The third kappa shape index (κ3) is 4.09. The molecule has 0 aliphatic carbocycles. The zero-order valence-electron chi connectivity index (χ0n) is 11.6. The van der Waals surface area contributed by atoms with Crippen LogP contribution in [0.5, 0.6) is 0 Å². The number of para-hydroxylation sites is 2. The van der Waals surface area contributed by atoms with Gasteiger partial charge in [0, 0.05) is 13.1 Å². The van der Waals surface area contributed by atoms with E-state index in [-0.39, 0.29) is 36.8 Å². The molecule has 1 aromatic carbocycles. The molecule has 1 amide bonds. The Balaban J connectivity index is 0.00000110. The smallest absolute Gasteiger partial charge is 0.237 e. The number of amides is 1. The fraction of sp³-hybridized carbons (Fsp3) is 0.429. The van der Waals surface area contributed by atoms with Crippen LogP contribution in [0.4, 0.5) is 0 Å². The number of hydrogen-bond acceptors (Lipinski definition) is 3. The summed E-state index contributed by atoms with van der Waals surface area (Å²) in [6.07, 6.45) is 3.86. The number of halogens is 2. The number of hydrogen-bond donors (Lipinski definition) is 2.